The Kier molecular flexibility index (Phi) is 4.11. The number of carbonyl (C=O) groups is 1. The Morgan fingerprint density at radius 2 is 1.87 bits per heavy atom. The zero-order valence-corrected chi connectivity index (χ0v) is 12.9. The molecule has 0 saturated carbocycles. The molecule has 1 unspecified atom stereocenters. The summed E-state index contributed by atoms with van der Waals surface area (Å²) in [4.78, 5) is 12.3. The van der Waals surface area contributed by atoms with Gasteiger partial charge in [0.2, 0.25) is 5.91 Å². The van der Waals surface area contributed by atoms with E-state index >= 15 is 0 Å². The van der Waals surface area contributed by atoms with Gasteiger partial charge >= 0.3 is 0 Å². The molecule has 1 atom stereocenters. The standard InChI is InChI=1S/C19H17N3O/c1-14(15-7-3-2-4-8-15)21-19(23)13-22-12-16(11-20)17-9-5-6-10-18(17)22/h2-10,12,14H,13H2,1H3,(H,21,23). The lowest BCUT2D eigenvalue weighted by Crippen LogP contribution is -2.29. The molecule has 1 amide bonds. The first kappa shape index (κ1) is 14.9. The van der Waals surface area contributed by atoms with E-state index in [-0.39, 0.29) is 18.5 Å². The van der Waals surface area contributed by atoms with Crippen molar-refractivity contribution in [1.29, 1.82) is 5.26 Å². The van der Waals surface area contributed by atoms with Gasteiger partial charge in [-0.2, -0.15) is 5.26 Å². The second-order valence-corrected chi connectivity index (χ2v) is 5.50. The predicted octanol–water partition coefficient (Wildman–Crippen LogP) is 3.39. The van der Waals surface area contributed by atoms with Crippen LogP contribution in [-0.4, -0.2) is 10.5 Å². The van der Waals surface area contributed by atoms with Crippen molar-refractivity contribution in [1.82, 2.24) is 9.88 Å². The normalized spacial score (nSPS) is 11.8. The minimum Gasteiger partial charge on any atom is -0.348 e. The number of amides is 1. The number of aromatic nitrogens is 1. The Balaban J connectivity index is 1.77. The van der Waals surface area contributed by atoms with Crippen LogP contribution in [0.2, 0.25) is 0 Å². The molecule has 1 aromatic heterocycles. The van der Waals surface area contributed by atoms with E-state index in [4.69, 9.17) is 0 Å². The summed E-state index contributed by atoms with van der Waals surface area (Å²) in [6.45, 7) is 2.15. The summed E-state index contributed by atoms with van der Waals surface area (Å²) in [5.74, 6) is -0.0772. The molecule has 3 rings (SSSR count). The summed E-state index contributed by atoms with van der Waals surface area (Å²) in [6, 6.07) is 19.6. The SMILES string of the molecule is CC(NC(=O)Cn1cc(C#N)c2ccccc21)c1ccccc1. The van der Waals surface area contributed by atoms with E-state index in [1.165, 1.54) is 0 Å². The molecule has 4 nitrogen and oxygen atoms in total. The highest BCUT2D eigenvalue weighted by atomic mass is 16.2. The van der Waals surface area contributed by atoms with Crippen molar-refractivity contribution in [3.63, 3.8) is 0 Å². The number of nitrogens with one attached hydrogen (secondary N) is 1. The highest BCUT2D eigenvalue weighted by Gasteiger charge is 2.13. The van der Waals surface area contributed by atoms with Crippen LogP contribution in [0.15, 0.2) is 60.8 Å². The van der Waals surface area contributed by atoms with E-state index in [2.05, 4.69) is 11.4 Å². The maximum atomic E-state index is 12.3. The summed E-state index contributed by atoms with van der Waals surface area (Å²) in [5.41, 5.74) is 2.55. The van der Waals surface area contributed by atoms with E-state index in [1.807, 2.05) is 66.1 Å². The van der Waals surface area contributed by atoms with Crippen molar-refractivity contribution in [2.45, 2.75) is 19.5 Å². The van der Waals surface area contributed by atoms with E-state index in [0.29, 0.717) is 5.56 Å². The number of para-hydroxylation sites is 1. The molecule has 0 aliphatic rings. The van der Waals surface area contributed by atoms with Crippen LogP contribution in [0.1, 0.15) is 24.1 Å². The molecule has 4 heteroatoms. The van der Waals surface area contributed by atoms with Gasteiger partial charge in [0.15, 0.2) is 0 Å². The average Bonchev–Trinajstić information content (AvgIpc) is 2.93. The minimum atomic E-state index is -0.0772. The average molecular weight is 303 g/mol. The molecule has 0 saturated heterocycles. The van der Waals surface area contributed by atoms with Crippen LogP contribution in [0.3, 0.4) is 0 Å². The van der Waals surface area contributed by atoms with Crippen molar-refractivity contribution in [3.05, 3.63) is 71.9 Å². The number of hydrogen-bond donors (Lipinski definition) is 1. The molecular formula is C19H17N3O. The summed E-state index contributed by atoms with van der Waals surface area (Å²) in [7, 11) is 0. The molecular weight excluding hydrogens is 286 g/mol. The molecule has 3 aromatic rings. The zero-order chi connectivity index (χ0) is 16.2. The summed E-state index contributed by atoms with van der Waals surface area (Å²) in [5, 5.41) is 13.1. The van der Waals surface area contributed by atoms with Crippen LogP contribution in [0.25, 0.3) is 10.9 Å². The van der Waals surface area contributed by atoms with Gasteiger partial charge in [0.25, 0.3) is 0 Å². The van der Waals surface area contributed by atoms with Crippen molar-refractivity contribution in [2.75, 3.05) is 0 Å². The van der Waals surface area contributed by atoms with Gasteiger partial charge in [0, 0.05) is 17.1 Å². The molecule has 1 N–H and O–H groups in total. The van der Waals surface area contributed by atoms with Gasteiger partial charge in [-0.15, -0.1) is 0 Å². The maximum absolute atomic E-state index is 12.3. The fourth-order valence-corrected chi connectivity index (χ4v) is 2.73. The number of rotatable bonds is 4. The van der Waals surface area contributed by atoms with Crippen molar-refractivity contribution >= 4 is 16.8 Å². The molecule has 0 aliphatic carbocycles. The lowest BCUT2D eigenvalue weighted by molar-refractivity contribution is -0.122. The van der Waals surface area contributed by atoms with Gasteiger partial charge in [0.1, 0.15) is 12.6 Å². The van der Waals surface area contributed by atoms with Crippen LogP contribution in [0.5, 0.6) is 0 Å². The Bertz CT molecular complexity index is 875. The first-order chi connectivity index (χ1) is 11.2. The number of nitriles is 1. The van der Waals surface area contributed by atoms with Crippen LogP contribution in [-0.2, 0) is 11.3 Å². The van der Waals surface area contributed by atoms with Gasteiger partial charge in [-0.1, -0.05) is 48.5 Å². The fraction of sp³-hybridized carbons (Fsp3) is 0.158. The molecule has 0 radical (unpaired) electrons. The molecule has 2 aromatic carbocycles. The third-order valence-electron chi connectivity index (χ3n) is 3.90. The van der Waals surface area contributed by atoms with E-state index in [9.17, 15) is 10.1 Å². The van der Waals surface area contributed by atoms with Crippen LogP contribution in [0.4, 0.5) is 0 Å². The Morgan fingerprint density at radius 3 is 2.61 bits per heavy atom. The number of fused-ring (bicyclic) bond motifs is 1. The van der Waals surface area contributed by atoms with Gasteiger partial charge in [-0.05, 0) is 18.6 Å². The molecule has 23 heavy (non-hydrogen) atoms. The molecule has 0 fully saturated rings. The quantitative estimate of drug-likeness (QED) is 0.803. The number of nitrogens with zero attached hydrogens (tertiary/aromatic N) is 2. The largest absolute Gasteiger partial charge is 0.348 e. The minimum absolute atomic E-state index is 0.0547. The van der Waals surface area contributed by atoms with Gasteiger partial charge in [-0.25, -0.2) is 0 Å². The third-order valence-corrected chi connectivity index (χ3v) is 3.90. The van der Waals surface area contributed by atoms with Crippen LogP contribution >= 0.6 is 0 Å². The predicted molar refractivity (Wildman–Crippen MR) is 89.7 cm³/mol. The monoisotopic (exact) mass is 303 g/mol. The first-order valence-electron chi connectivity index (χ1n) is 7.51. The van der Waals surface area contributed by atoms with Crippen LogP contribution < -0.4 is 5.32 Å². The molecule has 1 heterocycles. The maximum Gasteiger partial charge on any atom is 0.240 e. The third kappa shape index (κ3) is 3.09. The van der Waals surface area contributed by atoms with Crippen molar-refractivity contribution in [3.8, 4) is 6.07 Å². The lowest BCUT2D eigenvalue weighted by atomic mass is 10.1. The van der Waals surface area contributed by atoms with E-state index in [1.54, 1.807) is 6.20 Å². The smallest absolute Gasteiger partial charge is 0.240 e. The van der Waals surface area contributed by atoms with E-state index < -0.39 is 0 Å². The highest BCUT2D eigenvalue weighted by Crippen LogP contribution is 2.20. The fourth-order valence-electron chi connectivity index (χ4n) is 2.73. The number of benzene rings is 2. The van der Waals surface area contributed by atoms with Crippen molar-refractivity contribution < 1.29 is 4.79 Å². The second kappa shape index (κ2) is 6.37. The van der Waals surface area contributed by atoms with Gasteiger partial charge in [0.05, 0.1) is 11.6 Å². The zero-order valence-electron chi connectivity index (χ0n) is 12.9. The lowest BCUT2D eigenvalue weighted by Gasteiger charge is -2.15. The number of carbonyl (C=O) groups excluding carboxylic acids is 1. The van der Waals surface area contributed by atoms with Gasteiger partial charge in [-0.3, -0.25) is 4.79 Å². The number of hydrogen-bond acceptors (Lipinski definition) is 2. The first-order valence-corrected chi connectivity index (χ1v) is 7.51. The molecule has 0 aliphatic heterocycles. The summed E-state index contributed by atoms with van der Waals surface area (Å²) in [6.07, 6.45) is 1.73. The van der Waals surface area contributed by atoms with Crippen molar-refractivity contribution in [2.24, 2.45) is 0 Å². The molecule has 0 bridgehead atoms. The van der Waals surface area contributed by atoms with Gasteiger partial charge < -0.3 is 9.88 Å². The Hall–Kier alpha value is -3.06. The second-order valence-electron chi connectivity index (χ2n) is 5.50. The highest BCUT2D eigenvalue weighted by molar-refractivity contribution is 5.88. The topological polar surface area (TPSA) is 57.8 Å². The molecule has 114 valence electrons. The Labute approximate surface area is 135 Å². The Morgan fingerprint density at radius 1 is 1.17 bits per heavy atom. The molecule has 0 spiro atoms. The van der Waals surface area contributed by atoms with Crippen LogP contribution in [0, 0.1) is 11.3 Å². The summed E-state index contributed by atoms with van der Waals surface area (Å²) >= 11 is 0. The van der Waals surface area contributed by atoms with E-state index in [0.717, 1.165) is 16.5 Å². The summed E-state index contributed by atoms with van der Waals surface area (Å²) < 4.78 is 1.82.